The van der Waals surface area contributed by atoms with Crippen LogP contribution >= 0.6 is 0 Å². The molecular weight excluding hydrogens is 424 g/mol. The molecule has 0 unspecified atom stereocenters. The molecule has 1 aliphatic carbocycles. The molecule has 0 fully saturated rings. The number of rotatable bonds is 9. The molecular formula is C25H34N2O4S. The van der Waals surface area contributed by atoms with Gasteiger partial charge in [-0.1, -0.05) is 33.8 Å². The third-order valence-electron chi connectivity index (χ3n) is 5.62. The zero-order chi connectivity index (χ0) is 23.5. The fourth-order valence-corrected chi connectivity index (χ4v) is 5.39. The summed E-state index contributed by atoms with van der Waals surface area (Å²) in [6.45, 7) is 9.81. The number of aromatic carboxylic acids is 1. The molecule has 32 heavy (non-hydrogen) atoms. The number of hydrogen-bond acceptors (Lipinski definition) is 4. The van der Waals surface area contributed by atoms with Crippen molar-refractivity contribution in [2.45, 2.75) is 58.3 Å². The van der Waals surface area contributed by atoms with Crippen molar-refractivity contribution in [3.63, 3.8) is 0 Å². The molecule has 0 saturated heterocycles. The van der Waals surface area contributed by atoms with E-state index >= 15 is 0 Å². The molecule has 0 aliphatic heterocycles. The second-order valence-electron chi connectivity index (χ2n) is 9.47. The van der Waals surface area contributed by atoms with Gasteiger partial charge in [-0.3, -0.25) is 4.72 Å². The van der Waals surface area contributed by atoms with Crippen LogP contribution in [0, 0.1) is 11.8 Å². The quantitative estimate of drug-likeness (QED) is 0.540. The summed E-state index contributed by atoms with van der Waals surface area (Å²) in [7, 11) is -3.82. The maximum atomic E-state index is 13.0. The fourth-order valence-electron chi connectivity index (χ4n) is 4.29. The van der Waals surface area contributed by atoms with Crippen molar-refractivity contribution in [2.24, 2.45) is 11.8 Å². The molecule has 7 heteroatoms. The summed E-state index contributed by atoms with van der Waals surface area (Å²) in [4.78, 5) is 14.3. The van der Waals surface area contributed by atoms with Crippen LogP contribution in [-0.4, -0.2) is 32.6 Å². The number of carbonyl (C=O) groups is 1. The van der Waals surface area contributed by atoms with Crippen molar-refractivity contribution in [3.8, 4) is 0 Å². The molecule has 6 nitrogen and oxygen atoms in total. The van der Waals surface area contributed by atoms with Gasteiger partial charge in [0, 0.05) is 18.8 Å². The van der Waals surface area contributed by atoms with Crippen LogP contribution in [0.15, 0.2) is 41.3 Å². The summed E-state index contributed by atoms with van der Waals surface area (Å²) in [5.41, 5.74) is 3.24. The van der Waals surface area contributed by atoms with Gasteiger partial charge < -0.3 is 10.0 Å². The van der Waals surface area contributed by atoms with E-state index in [1.165, 1.54) is 11.6 Å². The van der Waals surface area contributed by atoms with Gasteiger partial charge in [-0.2, -0.15) is 0 Å². The number of nitrogens with zero attached hydrogens (tertiary/aromatic N) is 1. The molecule has 0 aromatic heterocycles. The predicted molar refractivity (Wildman–Crippen MR) is 129 cm³/mol. The average Bonchev–Trinajstić information content (AvgIpc) is 2.72. The normalized spacial score (nSPS) is 13.8. The van der Waals surface area contributed by atoms with Gasteiger partial charge in [0.1, 0.15) is 0 Å². The molecule has 2 aromatic carbocycles. The molecule has 0 heterocycles. The fraction of sp³-hybridized carbons (Fsp3) is 0.480. The van der Waals surface area contributed by atoms with Crippen molar-refractivity contribution in [2.75, 3.05) is 22.7 Å². The van der Waals surface area contributed by atoms with Crippen molar-refractivity contribution in [3.05, 3.63) is 53.1 Å². The first kappa shape index (κ1) is 24.1. The van der Waals surface area contributed by atoms with E-state index < -0.39 is 16.0 Å². The maximum absolute atomic E-state index is 13.0. The van der Waals surface area contributed by atoms with Crippen LogP contribution in [0.3, 0.4) is 0 Å². The molecule has 174 valence electrons. The number of sulfonamides is 1. The second kappa shape index (κ2) is 9.94. The average molecular weight is 459 g/mol. The molecule has 0 spiro atoms. The number of benzene rings is 2. The summed E-state index contributed by atoms with van der Waals surface area (Å²) >= 11 is 0. The lowest BCUT2D eigenvalue weighted by Gasteiger charge is -2.30. The van der Waals surface area contributed by atoms with Crippen molar-refractivity contribution in [1.29, 1.82) is 0 Å². The highest BCUT2D eigenvalue weighted by molar-refractivity contribution is 7.92. The number of aryl methyl sites for hydroxylation is 2. The molecule has 1 aliphatic rings. The van der Waals surface area contributed by atoms with E-state index in [1.807, 2.05) is 6.07 Å². The predicted octanol–water partition coefficient (Wildman–Crippen LogP) is 5.18. The minimum absolute atomic E-state index is 0.0944. The lowest BCUT2D eigenvalue weighted by Crippen LogP contribution is -2.32. The van der Waals surface area contributed by atoms with E-state index in [-0.39, 0.29) is 16.1 Å². The van der Waals surface area contributed by atoms with Crippen LogP contribution in [0.25, 0.3) is 0 Å². The van der Waals surface area contributed by atoms with Gasteiger partial charge >= 0.3 is 5.97 Å². The van der Waals surface area contributed by atoms with Gasteiger partial charge in [-0.15, -0.1) is 0 Å². The number of anilines is 2. The first-order chi connectivity index (χ1) is 15.1. The molecule has 0 amide bonds. The van der Waals surface area contributed by atoms with E-state index in [0.29, 0.717) is 17.5 Å². The van der Waals surface area contributed by atoms with Crippen LogP contribution in [0.5, 0.6) is 0 Å². The van der Waals surface area contributed by atoms with Crippen LogP contribution < -0.4 is 9.62 Å². The molecule has 0 radical (unpaired) electrons. The van der Waals surface area contributed by atoms with Crippen LogP contribution in [0.4, 0.5) is 11.4 Å². The SMILES string of the molecule is CC(C)CN(CC(C)C)c1ccc(NS(=O)(=O)c2ccc3c(c2)CCCC3)cc1C(=O)O. The lowest BCUT2D eigenvalue weighted by molar-refractivity contribution is 0.0697. The van der Waals surface area contributed by atoms with Crippen LogP contribution in [0.1, 0.15) is 62.0 Å². The second-order valence-corrected chi connectivity index (χ2v) is 11.2. The molecule has 2 aromatic rings. The van der Waals surface area contributed by atoms with Crippen molar-refractivity contribution < 1.29 is 18.3 Å². The molecule has 2 N–H and O–H groups in total. The summed E-state index contributed by atoms with van der Waals surface area (Å²) < 4.78 is 28.6. The lowest BCUT2D eigenvalue weighted by atomic mass is 9.92. The highest BCUT2D eigenvalue weighted by Gasteiger charge is 2.22. The topological polar surface area (TPSA) is 86.7 Å². The van der Waals surface area contributed by atoms with Gasteiger partial charge in [0.15, 0.2) is 0 Å². The number of carboxylic acids is 1. The van der Waals surface area contributed by atoms with E-state index in [1.54, 1.807) is 24.3 Å². The Morgan fingerprint density at radius 1 is 0.969 bits per heavy atom. The minimum Gasteiger partial charge on any atom is -0.478 e. The Labute approximate surface area is 191 Å². The van der Waals surface area contributed by atoms with Crippen molar-refractivity contribution >= 4 is 27.4 Å². The van der Waals surface area contributed by atoms with Gasteiger partial charge in [0.05, 0.1) is 16.1 Å². The Morgan fingerprint density at radius 3 is 2.19 bits per heavy atom. The van der Waals surface area contributed by atoms with Gasteiger partial charge in [0.25, 0.3) is 10.0 Å². The molecule has 0 atom stereocenters. The minimum atomic E-state index is -3.82. The first-order valence-electron chi connectivity index (χ1n) is 11.3. The van der Waals surface area contributed by atoms with E-state index in [0.717, 1.165) is 44.3 Å². The van der Waals surface area contributed by atoms with Gasteiger partial charge in [-0.05, 0) is 79.0 Å². The number of nitrogens with one attached hydrogen (secondary N) is 1. The number of carboxylic acid groups (broad SMARTS) is 1. The third kappa shape index (κ3) is 5.82. The number of fused-ring (bicyclic) bond motifs is 1. The molecule has 0 saturated carbocycles. The van der Waals surface area contributed by atoms with E-state index in [4.69, 9.17) is 0 Å². The highest BCUT2D eigenvalue weighted by atomic mass is 32.2. The third-order valence-corrected chi connectivity index (χ3v) is 7.00. The Hall–Kier alpha value is -2.54. The maximum Gasteiger partial charge on any atom is 0.337 e. The number of hydrogen-bond donors (Lipinski definition) is 2. The highest BCUT2D eigenvalue weighted by Crippen LogP contribution is 2.29. The van der Waals surface area contributed by atoms with E-state index in [2.05, 4.69) is 37.3 Å². The zero-order valence-electron chi connectivity index (χ0n) is 19.4. The molecule has 3 rings (SSSR count). The monoisotopic (exact) mass is 458 g/mol. The van der Waals surface area contributed by atoms with Crippen LogP contribution in [0.2, 0.25) is 0 Å². The van der Waals surface area contributed by atoms with Gasteiger partial charge in [-0.25, -0.2) is 13.2 Å². The van der Waals surface area contributed by atoms with Gasteiger partial charge in [0.2, 0.25) is 0 Å². The zero-order valence-corrected chi connectivity index (χ0v) is 20.2. The standard InChI is InChI=1S/C25H34N2O4S/c1-17(2)15-27(16-18(3)4)24-12-10-21(14-23(24)25(28)29)26-32(30,31)22-11-9-19-7-5-6-8-20(19)13-22/h9-14,17-18,26H,5-8,15-16H2,1-4H3,(H,28,29). The Kier molecular flexibility index (Phi) is 7.49. The van der Waals surface area contributed by atoms with Crippen LogP contribution in [-0.2, 0) is 22.9 Å². The first-order valence-corrected chi connectivity index (χ1v) is 12.8. The molecule has 0 bridgehead atoms. The summed E-state index contributed by atoms with van der Waals surface area (Å²) in [6, 6.07) is 10.0. The summed E-state index contributed by atoms with van der Waals surface area (Å²) in [5, 5.41) is 9.85. The summed E-state index contributed by atoms with van der Waals surface area (Å²) in [6.07, 6.45) is 4.07. The Morgan fingerprint density at radius 2 is 1.59 bits per heavy atom. The smallest absolute Gasteiger partial charge is 0.337 e. The summed E-state index contributed by atoms with van der Waals surface area (Å²) in [5.74, 6) is -0.359. The van der Waals surface area contributed by atoms with E-state index in [9.17, 15) is 18.3 Å². The largest absolute Gasteiger partial charge is 0.478 e. The Bertz CT molecular complexity index is 1070. The Balaban J connectivity index is 1.91. The van der Waals surface area contributed by atoms with Crippen molar-refractivity contribution in [1.82, 2.24) is 0 Å².